The highest BCUT2D eigenvalue weighted by atomic mass is 79.9. The van der Waals surface area contributed by atoms with Gasteiger partial charge in [-0.25, -0.2) is 4.98 Å². The Hall–Kier alpha value is -0.610. The molecule has 1 aromatic heterocycles. The van der Waals surface area contributed by atoms with E-state index in [0.29, 0.717) is 12.5 Å². The van der Waals surface area contributed by atoms with Crippen LogP contribution < -0.4 is 10.1 Å². The minimum absolute atomic E-state index is 0.672. The third-order valence-electron chi connectivity index (χ3n) is 1.51. The number of rotatable bonds is 5. The predicted octanol–water partition coefficient (Wildman–Crippen LogP) is 1.83. The molecule has 0 amide bonds. The summed E-state index contributed by atoms with van der Waals surface area (Å²) in [4.78, 5) is 4.14. The van der Waals surface area contributed by atoms with Gasteiger partial charge in [0.1, 0.15) is 4.60 Å². The van der Waals surface area contributed by atoms with Crippen LogP contribution in [0.5, 0.6) is 5.88 Å². The van der Waals surface area contributed by atoms with Crippen LogP contribution in [0.1, 0.15) is 6.42 Å². The number of pyridine rings is 1. The SMILES string of the molecule is CNCCCOc1cccc(Br)n1. The van der Waals surface area contributed by atoms with E-state index in [-0.39, 0.29) is 0 Å². The van der Waals surface area contributed by atoms with Gasteiger partial charge >= 0.3 is 0 Å². The predicted molar refractivity (Wildman–Crippen MR) is 56.0 cm³/mol. The molecule has 1 rings (SSSR count). The van der Waals surface area contributed by atoms with Crippen LogP contribution in [0.25, 0.3) is 0 Å². The number of hydrogen-bond acceptors (Lipinski definition) is 3. The second-order valence-corrected chi connectivity index (χ2v) is 3.42. The number of aromatic nitrogens is 1. The van der Waals surface area contributed by atoms with Gasteiger partial charge in [0.05, 0.1) is 6.61 Å². The molecule has 0 aliphatic rings. The Balaban J connectivity index is 2.28. The summed E-state index contributed by atoms with van der Waals surface area (Å²) in [7, 11) is 1.93. The average molecular weight is 245 g/mol. The van der Waals surface area contributed by atoms with Crippen LogP contribution in [0.2, 0.25) is 0 Å². The van der Waals surface area contributed by atoms with E-state index in [4.69, 9.17) is 4.74 Å². The molecule has 0 aromatic carbocycles. The van der Waals surface area contributed by atoms with Crippen LogP contribution in [-0.4, -0.2) is 25.2 Å². The monoisotopic (exact) mass is 244 g/mol. The van der Waals surface area contributed by atoms with Crippen molar-refractivity contribution in [2.75, 3.05) is 20.2 Å². The maximum absolute atomic E-state index is 5.41. The Morgan fingerprint density at radius 1 is 1.54 bits per heavy atom. The molecule has 0 saturated carbocycles. The highest BCUT2D eigenvalue weighted by Crippen LogP contribution is 2.11. The lowest BCUT2D eigenvalue weighted by molar-refractivity contribution is 0.298. The molecule has 0 unspecified atom stereocenters. The van der Waals surface area contributed by atoms with Crippen LogP contribution in [0.4, 0.5) is 0 Å². The Bertz CT molecular complexity index is 255. The summed E-state index contributed by atoms with van der Waals surface area (Å²) in [5, 5.41) is 3.06. The van der Waals surface area contributed by atoms with E-state index >= 15 is 0 Å². The quantitative estimate of drug-likeness (QED) is 0.634. The van der Waals surface area contributed by atoms with Gasteiger partial charge in [-0.1, -0.05) is 6.07 Å². The van der Waals surface area contributed by atoms with Crippen molar-refractivity contribution >= 4 is 15.9 Å². The van der Waals surface area contributed by atoms with Gasteiger partial charge in [0.15, 0.2) is 0 Å². The number of hydrogen-bond donors (Lipinski definition) is 1. The van der Waals surface area contributed by atoms with E-state index in [1.807, 2.05) is 25.2 Å². The first-order valence-corrected chi connectivity index (χ1v) is 5.02. The minimum Gasteiger partial charge on any atom is -0.478 e. The van der Waals surface area contributed by atoms with Gasteiger partial charge in [0.25, 0.3) is 0 Å². The molecule has 1 heterocycles. The Labute approximate surface area is 86.6 Å². The lowest BCUT2D eigenvalue weighted by Gasteiger charge is -2.04. The zero-order valence-electron chi connectivity index (χ0n) is 7.59. The summed E-state index contributed by atoms with van der Waals surface area (Å²) >= 11 is 3.28. The first-order valence-electron chi connectivity index (χ1n) is 4.23. The standard InChI is InChI=1S/C9H13BrN2O/c1-11-6-3-7-13-9-5-2-4-8(10)12-9/h2,4-5,11H,3,6-7H2,1H3. The lowest BCUT2D eigenvalue weighted by Crippen LogP contribution is -2.11. The first-order chi connectivity index (χ1) is 6.33. The van der Waals surface area contributed by atoms with Crippen molar-refractivity contribution in [1.82, 2.24) is 10.3 Å². The van der Waals surface area contributed by atoms with Crippen LogP contribution in [0.15, 0.2) is 22.8 Å². The second kappa shape index (κ2) is 5.94. The van der Waals surface area contributed by atoms with Gasteiger partial charge in [0, 0.05) is 6.07 Å². The smallest absolute Gasteiger partial charge is 0.214 e. The summed E-state index contributed by atoms with van der Waals surface area (Å²) in [6.07, 6.45) is 0.991. The molecule has 1 N–H and O–H groups in total. The molecule has 13 heavy (non-hydrogen) atoms. The zero-order valence-corrected chi connectivity index (χ0v) is 9.17. The first kappa shape index (κ1) is 10.5. The van der Waals surface area contributed by atoms with E-state index in [2.05, 4.69) is 26.2 Å². The van der Waals surface area contributed by atoms with E-state index in [1.54, 1.807) is 0 Å². The summed E-state index contributed by atoms with van der Waals surface area (Å²) in [5.74, 6) is 0.672. The molecule has 0 aliphatic carbocycles. The van der Waals surface area contributed by atoms with Gasteiger partial charge in [0.2, 0.25) is 5.88 Å². The maximum atomic E-state index is 5.41. The number of nitrogens with zero attached hydrogens (tertiary/aromatic N) is 1. The largest absolute Gasteiger partial charge is 0.478 e. The topological polar surface area (TPSA) is 34.1 Å². The van der Waals surface area contributed by atoms with E-state index < -0.39 is 0 Å². The highest BCUT2D eigenvalue weighted by molar-refractivity contribution is 9.10. The normalized spacial score (nSPS) is 10.0. The fourth-order valence-electron chi connectivity index (χ4n) is 0.896. The van der Waals surface area contributed by atoms with E-state index in [1.165, 1.54) is 0 Å². The van der Waals surface area contributed by atoms with Gasteiger partial charge in [-0.3, -0.25) is 0 Å². The van der Waals surface area contributed by atoms with Crippen LogP contribution in [0, 0.1) is 0 Å². The fraction of sp³-hybridized carbons (Fsp3) is 0.444. The molecular formula is C9H13BrN2O. The van der Waals surface area contributed by atoms with Gasteiger partial charge in [-0.15, -0.1) is 0 Å². The molecule has 0 saturated heterocycles. The average Bonchev–Trinajstić information content (AvgIpc) is 2.13. The van der Waals surface area contributed by atoms with Crippen molar-refractivity contribution < 1.29 is 4.74 Å². The molecular weight excluding hydrogens is 232 g/mol. The molecule has 4 heteroatoms. The van der Waals surface area contributed by atoms with E-state index in [0.717, 1.165) is 17.6 Å². The Kier molecular flexibility index (Phi) is 4.78. The summed E-state index contributed by atoms with van der Waals surface area (Å²) in [6.45, 7) is 1.66. The second-order valence-electron chi connectivity index (χ2n) is 2.60. The third-order valence-corrected chi connectivity index (χ3v) is 1.95. The molecule has 0 bridgehead atoms. The van der Waals surface area contributed by atoms with Crippen molar-refractivity contribution in [2.24, 2.45) is 0 Å². The van der Waals surface area contributed by atoms with E-state index in [9.17, 15) is 0 Å². The summed E-state index contributed by atoms with van der Waals surface area (Å²) < 4.78 is 6.21. The molecule has 72 valence electrons. The number of nitrogens with one attached hydrogen (secondary N) is 1. The van der Waals surface area contributed by atoms with Crippen molar-refractivity contribution in [2.45, 2.75) is 6.42 Å². The molecule has 0 atom stereocenters. The summed E-state index contributed by atoms with van der Waals surface area (Å²) in [5.41, 5.74) is 0. The van der Waals surface area contributed by atoms with Crippen molar-refractivity contribution in [3.63, 3.8) is 0 Å². The molecule has 3 nitrogen and oxygen atoms in total. The molecule has 1 aromatic rings. The molecule has 0 spiro atoms. The summed E-state index contributed by atoms with van der Waals surface area (Å²) in [6, 6.07) is 5.63. The number of halogens is 1. The van der Waals surface area contributed by atoms with Gasteiger partial charge in [-0.2, -0.15) is 0 Å². The van der Waals surface area contributed by atoms with Crippen LogP contribution in [0.3, 0.4) is 0 Å². The van der Waals surface area contributed by atoms with Crippen molar-refractivity contribution in [3.05, 3.63) is 22.8 Å². The minimum atomic E-state index is 0.672. The van der Waals surface area contributed by atoms with Gasteiger partial charge < -0.3 is 10.1 Å². The maximum Gasteiger partial charge on any atom is 0.214 e. The zero-order chi connectivity index (χ0) is 9.52. The molecule has 0 aliphatic heterocycles. The fourth-order valence-corrected chi connectivity index (χ4v) is 1.22. The van der Waals surface area contributed by atoms with Crippen molar-refractivity contribution in [3.8, 4) is 5.88 Å². The highest BCUT2D eigenvalue weighted by Gasteiger charge is 1.94. The molecule has 0 fully saturated rings. The Morgan fingerprint density at radius 3 is 3.08 bits per heavy atom. The lowest BCUT2D eigenvalue weighted by atomic mass is 10.4. The van der Waals surface area contributed by atoms with Crippen molar-refractivity contribution in [1.29, 1.82) is 0 Å². The van der Waals surface area contributed by atoms with Gasteiger partial charge in [-0.05, 0) is 42.0 Å². The molecule has 0 radical (unpaired) electrons. The van der Waals surface area contributed by atoms with Crippen LogP contribution >= 0.6 is 15.9 Å². The third kappa shape index (κ3) is 4.24. The van der Waals surface area contributed by atoms with Crippen LogP contribution in [-0.2, 0) is 0 Å². The number of ether oxygens (including phenoxy) is 1. The Morgan fingerprint density at radius 2 is 2.38 bits per heavy atom.